The van der Waals surface area contributed by atoms with Crippen molar-refractivity contribution in [3.63, 3.8) is 0 Å². The molecule has 1 aliphatic carbocycles. The van der Waals surface area contributed by atoms with E-state index in [1.54, 1.807) is 0 Å². The molecule has 1 fully saturated rings. The van der Waals surface area contributed by atoms with Crippen molar-refractivity contribution in [1.29, 1.82) is 0 Å². The van der Waals surface area contributed by atoms with E-state index in [1.807, 2.05) is 0 Å². The molecule has 0 saturated heterocycles. The molecule has 0 bridgehead atoms. The van der Waals surface area contributed by atoms with Crippen molar-refractivity contribution >= 4 is 46.4 Å². The van der Waals surface area contributed by atoms with E-state index >= 15 is 0 Å². The molecule has 1 amide bonds. The van der Waals surface area contributed by atoms with E-state index in [0.29, 0.717) is 18.9 Å². The van der Waals surface area contributed by atoms with Gasteiger partial charge in [0, 0.05) is 18.2 Å². The number of carbonyl (C=O) groups excluding carboxylic acids is 1. The van der Waals surface area contributed by atoms with E-state index in [2.05, 4.69) is 10.6 Å². The maximum Gasteiger partial charge on any atom is 0.423 e. The van der Waals surface area contributed by atoms with Crippen LogP contribution in [-0.4, -0.2) is 23.7 Å². The second-order valence-electron chi connectivity index (χ2n) is 7.83. The first-order valence-electron chi connectivity index (χ1n) is 9.79. The molecular formula is C21H17Cl3F6N2O2. The Labute approximate surface area is 205 Å². The maximum atomic E-state index is 13.8. The van der Waals surface area contributed by atoms with Gasteiger partial charge in [-0.05, 0) is 48.2 Å². The third-order valence-electron chi connectivity index (χ3n) is 5.30. The van der Waals surface area contributed by atoms with Gasteiger partial charge in [-0.15, -0.1) is 0 Å². The van der Waals surface area contributed by atoms with Crippen LogP contribution in [0.1, 0.15) is 29.5 Å². The minimum absolute atomic E-state index is 0.204. The van der Waals surface area contributed by atoms with Crippen LogP contribution in [0.25, 0.3) is 0 Å². The van der Waals surface area contributed by atoms with Crippen molar-refractivity contribution in [3.8, 4) is 0 Å². The zero-order valence-corrected chi connectivity index (χ0v) is 19.3. The lowest BCUT2D eigenvalue weighted by Crippen LogP contribution is -2.47. The summed E-state index contributed by atoms with van der Waals surface area (Å²) in [6, 6.07) is 4.32. The van der Waals surface area contributed by atoms with E-state index < -0.39 is 42.2 Å². The standard InChI is InChI=1S/C21H17Cl3F6N2O2/c22-15-5-12(6-16(23)17(15)24)19(34,21(28,29)30)9-32-13-4-3-11(14(7-13)20(25,26)27)8-31-18(33)10-1-2-10/h3-7,10,32,34H,1-2,8-9H2,(H,31,33)/t19-/m0/s1. The highest BCUT2D eigenvalue weighted by Gasteiger charge is 2.55. The molecule has 0 radical (unpaired) electrons. The van der Waals surface area contributed by atoms with Crippen LogP contribution < -0.4 is 10.6 Å². The van der Waals surface area contributed by atoms with Crippen LogP contribution in [-0.2, 0) is 23.1 Å². The number of rotatable bonds is 7. The monoisotopic (exact) mass is 548 g/mol. The number of carbonyl (C=O) groups is 1. The molecule has 1 atom stereocenters. The largest absolute Gasteiger partial charge is 0.423 e. The fraction of sp³-hybridized carbons (Fsp3) is 0.381. The minimum atomic E-state index is -5.25. The SMILES string of the molecule is O=C(NCc1ccc(NC[C@](O)(c2cc(Cl)c(Cl)c(Cl)c2)C(F)(F)F)cc1C(F)(F)F)C1CC1. The van der Waals surface area contributed by atoms with Gasteiger partial charge in [0.1, 0.15) is 0 Å². The summed E-state index contributed by atoms with van der Waals surface area (Å²) >= 11 is 17.3. The fourth-order valence-electron chi connectivity index (χ4n) is 3.17. The Bertz CT molecular complexity index is 1070. The molecule has 13 heteroatoms. The molecule has 0 aliphatic heterocycles. The quantitative estimate of drug-likeness (QED) is 0.271. The first-order valence-corrected chi connectivity index (χ1v) is 10.9. The third kappa shape index (κ3) is 5.84. The van der Waals surface area contributed by atoms with E-state index in [9.17, 15) is 36.2 Å². The van der Waals surface area contributed by atoms with E-state index in [4.69, 9.17) is 34.8 Å². The van der Waals surface area contributed by atoms with E-state index in [1.165, 1.54) is 0 Å². The number of nitrogens with one attached hydrogen (secondary N) is 2. The summed E-state index contributed by atoms with van der Waals surface area (Å²) in [7, 11) is 0. The Hall–Kier alpha value is -1.88. The van der Waals surface area contributed by atoms with Gasteiger partial charge in [-0.2, -0.15) is 26.3 Å². The zero-order chi connectivity index (χ0) is 25.5. The lowest BCUT2D eigenvalue weighted by molar-refractivity contribution is -0.260. The number of halogens is 9. The van der Waals surface area contributed by atoms with Crippen LogP contribution in [0.2, 0.25) is 15.1 Å². The molecule has 0 aromatic heterocycles. The number of hydrogen-bond donors (Lipinski definition) is 3. The van der Waals surface area contributed by atoms with Crippen molar-refractivity contribution in [2.45, 2.75) is 37.3 Å². The first kappa shape index (κ1) is 26.7. The maximum absolute atomic E-state index is 13.8. The van der Waals surface area contributed by atoms with E-state index in [-0.39, 0.29) is 38.1 Å². The summed E-state index contributed by atoms with van der Waals surface area (Å²) in [5.74, 6) is -0.559. The smallest absolute Gasteiger partial charge is 0.381 e. The Morgan fingerprint density at radius 1 is 1.00 bits per heavy atom. The molecular weight excluding hydrogens is 533 g/mol. The molecule has 3 N–H and O–H groups in total. The Morgan fingerprint density at radius 2 is 1.59 bits per heavy atom. The van der Waals surface area contributed by atoms with Crippen molar-refractivity contribution in [2.75, 3.05) is 11.9 Å². The molecule has 1 aliphatic rings. The summed E-state index contributed by atoms with van der Waals surface area (Å²) in [5, 5.41) is 14.2. The van der Waals surface area contributed by atoms with Crippen LogP contribution in [0.15, 0.2) is 30.3 Å². The molecule has 3 rings (SSSR count). The lowest BCUT2D eigenvalue weighted by Gasteiger charge is -2.32. The van der Waals surface area contributed by atoms with Crippen LogP contribution in [0, 0.1) is 5.92 Å². The van der Waals surface area contributed by atoms with Crippen molar-refractivity contribution in [2.24, 2.45) is 5.92 Å². The Morgan fingerprint density at radius 3 is 2.09 bits per heavy atom. The molecule has 0 unspecified atom stereocenters. The molecule has 4 nitrogen and oxygen atoms in total. The molecule has 0 spiro atoms. The summed E-state index contributed by atoms with van der Waals surface area (Å²) in [6.07, 6.45) is -8.74. The minimum Gasteiger partial charge on any atom is -0.381 e. The summed E-state index contributed by atoms with van der Waals surface area (Å²) in [6.45, 7) is -1.64. The Kier molecular flexibility index (Phi) is 7.58. The number of amides is 1. The van der Waals surface area contributed by atoms with Gasteiger partial charge in [0.15, 0.2) is 0 Å². The molecule has 34 heavy (non-hydrogen) atoms. The topological polar surface area (TPSA) is 61.4 Å². The third-order valence-corrected chi connectivity index (χ3v) is 6.49. The van der Waals surface area contributed by atoms with Crippen molar-refractivity contribution < 1.29 is 36.2 Å². The van der Waals surface area contributed by atoms with Crippen LogP contribution in [0.5, 0.6) is 0 Å². The van der Waals surface area contributed by atoms with Gasteiger partial charge in [-0.25, -0.2) is 0 Å². The highest BCUT2D eigenvalue weighted by Crippen LogP contribution is 2.43. The average molecular weight is 550 g/mol. The number of anilines is 1. The summed E-state index contributed by atoms with van der Waals surface area (Å²) < 4.78 is 82.1. The highest BCUT2D eigenvalue weighted by molar-refractivity contribution is 6.48. The number of alkyl halides is 6. The van der Waals surface area contributed by atoms with Gasteiger partial charge in [-0.3, -0.25) is 4.79 Å². The number of aliphatic hydroxyl groups is 1. The predicted octanol–water partition coefficient (Wildman–Crippen LogP) is 6.55. The van der Waals surface area contributed by atoms with Crippen molar-refractivity contribution in [3.05, 3.63) is 62.1 Å². The van der Waals surface area contributed by atoms with Gasteiger partial charge < -0.3 is 15.7 Å². The van der Waals surface area contributed by atoms with Crippen LogP contribution >= 0.6 is 34.8 Å². The number of hydrogen-bond acceptors (Lipinski definition) is 3. The van der Waals surface area contributed by atoms with Gasteiger partial charge >= 0.3 is 12.4 Å². The normalized spacial score (nSPS) is 16.2. The zero-order valence-electron chi connectivity index (χ0n) is 17.0. The average Bonchev–Trinajstić information content (AvgIpc) is 3.58. The second-order valence-corrected chi connectivity index (χ2v) is 9.02. The Balaban J connectivity index is 1.87. The van der Waals surface area contributed by atoms with E-state index in [0.717, 1.165) is 24.3 Å². The van der Waals surface area contributed by atoms with Crippen LogP contribution in [0.3, 0.4) is 0 Å². The highest BCUT2D eigenvalue weighted by atomic mass is 35.5. The summed E-state index contributed by atoms with van der Waals surface area (Å²) in [4.78, 5) is 11.8. The van der Waals surface area contributed by atoms with Gasteiger partial charge in [0.05, 0.1) is 27.2 Å². The molecule has 2 aromatic rings. The molecule has 0 heterocycles. The van der Waals surface area contributed by atoms with Crippen molar-refractivity contribution in [1.82, 2.24) is 5.32 Å². The number of benzene rings is 2. The van der Waals surface area contributed by atoms with Crippen LogP contribution in [0.4, 0.5) is 32.0 Å². The second kappa shape index (κ2) is 9.64. The molecule has 1 saturated carbocycles. The van der Waals surface area contributed by atoms with Gasteiger partial charge in [0.25, 0.3) is 0 Å². The molecule has 2 aromatic carbocycles. The summed E-state index contributed by atoms with van der Waals surface area (Å²) in [5.41, 5.74) is -6.03. The first-order chi connectivity index (χ1) is 15.6. The fourth-order valence-corrected chi connectivity index (χ4v) is 3.76. The van der Waals surface area contributed by atoms with Gasteiger partial charge in [0.2, 0.25) is 11.5 Å². The lowest BCUT2D eigenvalue weighted by atomic mass is 9.92. The van der Waals surface area contributed by atoms with Gasteiger partial charge in [-0.1, -0.05) is 40.9 Å². The molecule has 186 valence electrons. The predicted molar refractivity (Wildman–Crippen MR) is 116 cm³/mol.